The number of methoxy groups -OCH3 is 1. The first-order valence-corrected chi connectivity index (χ1v) is 13.9. The lowest BCUT2D eigenvalue weighted by Gasteiger charge is -2.44. The highest BCUT2D eigenvalue weighted by Gasteiger charge is 2.50. The summed E-state index contributed by atoms with van der Waals surface area (Å²) in [6.45, 7) is 9.43. The number of allylic oxidation sites excluding steroid dienone is 4. The molecule has 0 aromatic heterocycles. The van der Waals surface area contributed by atoms with Crippen LogP contribution in [0.4, 0.5) is 0 Å². The zero-order chi connectivity index (χ0) is 26.3. The molecule has 0 aromatic rings. The molecule has 3 rings (SSSR count). The maximum absolute atomic E-state index is 10.5. The van der Waals surface area contributed by atoms with Gasteiger partial charge in [0.1, 0.15) is 12.9 Å². The summed E-state index contributed by atoms with van der Waals surface area (Å²) < 4.78 is 16.3. The molecule has 3 N–H and O–H groups in total. The Bertz CT molecular complexity index is 772. The number of aliphatic hydroxyl groups is 3. The van der Waals surface area contributed by atoms with Gasteiger partial charge in [0.25, 0.3) is 0 Å². The lowest BCUT2D eigenvalue weighted by molar-refractivity contribution is -0.115. The van der Waals surface area contributed by atoms with Crippen LogP contribution in [0.25, 0.3) is 0 Å². The summed E-state index contributed by atoms with van der Waals surface area (Å²) >= 11 is 0. The van der Waals surface area contributed by atoms with E-state index < -0.39 is 18.3 Å². The molecule has 0 bridgehead atoms. The average Bonchev–Trinajstić information content (AvgIpc) is 3.18. The smallest absolute Gasteiger partial charge is 0.147 e. The molecule has 3 aliphatic carbocycles. The molecular weight excluding hydrogens is 456 g/mol. The molecule has 0 amide bonds. The van der Waals surface area contributed by atoms with Crippen molar-refractivity contribution in [2.45, 2.75) is 103 Å². The Balaban J connectivity index is 1.64. The van der Waals surface area contributed by atoms with E-state index >= 15 is 0 Å². The Labute approximate surface area is 218 Å². The van der Waals surface area contributed by atoms with E-state index in [9.17, 15) is 10.2 Å². The molecule has 6 heteroatoms. The van der Waals surface area contributed by atoms with Crippen LogP contribution in [0.5, 0.6) is 0 Å². The molecule has 7 atom stereocenters. The number of ether oxygens (including phenoxy) is 3. The number of hydrogen-bond acceptors (Lipinski definition) is 6. The van der Waals surface area contributed by atoms with Crippen molar-refractivity contribution in [1.82, 2.24) is 0 Å². The van der Waals surface area contributed by atoms with Crippen molar-refractivity contribution in [1.29, 1.82) is 0 Å². The van der Waals surface area contributed by atoms with Crippen LogP contribution in [0, 0.1) is 23.2 Å². The Morgan fingerprint density at radius 1 is 1.14 bits per heavy atom. The van der Waals surface area contributed by atoms with Crippen LogP contribution in [0.1, 0.15) is 79.1 Å². The van der Waals surface area contributed by atoms with Gasteiger partial charge in [0, 0.05) is 7.11 Å². The van der Waals surface area contributed by atoms with E-state index in [-0.39, 0.29) is 18.8 Å². The Kier molecular flexibility index (Phi) is 10.8. The van der Waals surface area contributed by atoms with Gasteiger partial charge in [-0.1, -0.05) is 49.3 Å². The van der Waals surface area contributed by atoms with Gasteiger partial charge < -0.3 is 29.5 Å². The molecule has 0 heterocycles. The molecule has 0 saturated heterocycles. The second kappa shape index (κ2) is 13.2. The zero-order valence-corrected chi connectivity index (χ0v) is 23.1. The van der Waals surface area contributed by atoms with Gasteiger partial charge in [-0.15, -0.1) is 0 Å². The lowest BCUT2D eigenvalue weighted by atomic mass is 9.61. The molecule has 5 unspecified atom stereocenters. The van der Waals surface area contributed by atoms with E-state index in [0.717, 1.165) is 18.4 Å². The van der Waals surface area contributed by atoms with Crippen molar-refractivity contribution in [3.05, 3.63) is 35.5 Å². The molecule has 36 heavy (non-hydrogen) atoms. The van der Waals surface area contributed by atoms with Crippen molar-refractivity contribution >= 4 is 0 Å². The summed E-state index contributed by atoms with van der Waals surface area (Å²) in [5.74, 6) is 1.79. The van der Waals surface area contributed by atoms with E-state index in [1.807, 2.05) is 0 Å². The van der Waals surface area contributed by atoms with Crippen LogP contribution in [0.3, 0.4) is 0 Å². The van der Waals surface area contributed by atoms with Crippen molar-refractivity contribution in [3.63, 3.8) is 0 Å². The predicted molar refractivity (Wildman–Crippen MR) is 142 cm³/mol. The summed E-state index contributed by atoms with van der Waals surface area (Å²) in [5, 5.41) is 29.9. The van der Waals surface area contributed by atoms with Crippen molar-refractivity contribution in [2.75, 3.05) is 27.1 Å². The number of aliphatic hydroxyl groups excluding tert-OH is 3. The van der Waals surface area contributed by atoms with Gasteiger partial charge in [0.15, 0.2) is 0 Å². The lowest BCUT2D eigenvalue weighted by Crippen LogP contribution is -2.44. The largest absolute Gasteiger partial charge is 0.394 e. The van der Waals surface area contributed by atoms with Crippen molar-refractivity contribution in [2.24, 2.45) is 23.2 Å². The Morgan fingerprint density at radius 3 is 2.53 bits per heavy atom. The van der Waals surface area contributed by atoms with Crippen molar-refractivity contribution in [3.8, 4) is 0 Å². The molecule has 0 aromatic carbocycles. The second-order valence-electron chi connectivity index (χ2n) is 12.1. The van der Waals surface area contributed by atoms with E-state index in [1.54, 1.807) is 7.11 Å². The molecule has 3 aliphatic rings. The Morgan fingerprint density at radius 2 is 1.86 bits per heavy atom. The third-order valence-electron chi connectivity index (χ3n) is 8.93. The zero-order valence-electron chi connectivity index (χ0n) is 23.1. The van der Waals surface area contributed by atoms with E-state index in [4.69, 9.17) is 19.3 Å². The van der Waals surface area contributed by atoms with Crippen LogP contribution < -0.4 is 0 Å². The van der Waals surface area contributed by atoms with Gasteiger partial charge in [0.2, 0.25) is 0 Å². The van der Waals surface area contributed by atoms with Crippen LogP contribution >= 0.6 is 0 Å². The normalized spacial score (nSPS) is 36.6. The summed E-state index contributed by atoms with van der Waals surface area (Å²) in [4.78, 5) is 0. The summed E-state index contributed by atoms with van der Waals surface area (Å²) in [6, 6.07) is 0. The predicted octanol–water partition coefficient (Wildman–Crippen LogP) is 4.93. The van der Waals surface area contributed by atoms with Gasteiger partial charge in [-0.3, -0.25) is 0 Å². The highest BCUT2D eigenvalue weighted by molar-refractivity contribution is 5.27. The maximum Gasteiger partial charge on any atom is 0.147 e. The fourth-order valence-electron chi connectivity index (χ4n) is 7.00. The van der Waals surface area contributed by atoms with E-state index in [1.165, 1.54) is 31.3 Å². The maximum atomic E-state index is 10.5. The average molecular weight is 507 g/mol. The first-order valence-electron chi connectivity index (χ1n) is 13.9. The minimum Gasteiger partial charge on any atom is -0.394 e. The highest BCUT2D eigenvalue weighted by Crippen LogP contribution is 2.59. The van der Waals surface area contributed by atoms with Crippen LogP contribution in [0.2, 0.25) is 0 Å². The van der Waals surface area contributed by atoms with Crippen LogP contribution in [-0.2, 0) is 14.2 Å². The van der Waals surface area contributed by atoms with Crippen molar-refractivity contribution < 1.29 is 29.5 Å². The number of fused-ring (bicyclic) bond motifs is 1. The number of hydrogen-bond donors (Lipinski definition) is 3. The quantitative estimate of drug-likeness (QED) is 0.272. The standard InChI is InChI=1S/C30H50O6/c1-21(8-6-14-29(2,3)36-20-34-5)24-12-13-25-23(9-7-15-30(24,25)4)11-10-22-18-26(32)28(27(33)19-22)35-17-16-31/h6,8,10-11,21,24-28,31-33H,7,9,12-20H2,1-5H3/b8-6+,22-10-,23-11+/t21-,24?,25?,26-,27?,28?,30?/m1/s1. The first kappa shape index (κ1) is 29.5. The fraction of sp³-hybridized carbons (Fsp3) is 0.800. The molecule has 0 spiro atoms. The third kappa shape index (κ3) is 7.30. The molecule has 3 fully saturated rings. The Hall–Kier alpha value is -1.02. The molecular formula is C30H50O6. The summed E-state index contributed by atoms with van der Waals surface area (Å²) in [7, 11) is 1.65. The SMILES string of the molecule is COCOC(C)(C)C/C=C/[C@@H](C)C1CCC2/C(=C/C=C3\CC(O)C(OCCO)[C@H](O)C3)CCCC21C. The first-order chi connectivity index (χ1) is 17.1. The molecule has 3 saturated carbocycles. The number of rotatable bonds is 11. The molecule has 206 valence electrons. The fourth-order valence-corrected chi connectivity index (χ4v) is 7.00. The minimum absolute atomic E-state index is 0.110. The minimum atomic E-state index is -0.741. The summed E-state index contributed by atoms with van der Waals surface area (Å²) in [5.41, 5.74) is 2.69. The monoisotopic (exact) mass is 506 g/mol. The highest BCUT2D eigenvalue weighted by atomic mass is 16.7. The molecule has 0 aliphatic heterocycles. The van der Waals surface area contributed by atoms with Gasteiger partial charge in [-0.25, -0.2) is 0 Å². The molecule has 6 nitrogen and oxygen atoms in total. The van der Waals surface area contributed by atoms with Gasteiger partial charge in [-0.2, -0.15) is 0 Å². The molecule has 0 radical (unpaired) electrons. The van der Waals surface area contributed by atoms with E-state index in [0.29, 0.717) is 42.8 Å². The topological polar surface area (TPSA) is 88.4 Å². The van der Waals surface area contributed by atoms with Gasteiger partial charge in [0.05, 0.1) is 31.0 Å². The van der Waals surface area contributed by atoms with Crippen LogP contribution in [-0.4, -0.2) is 66.3 Å². The van der Waals surface area contributed by atoms with E-state index in [2.05, 4.69) is 52.0 Å². The third-order valence-corrected chi connectivity index (χ3v) is 8.93. The second-order valence-corrected chi connectivity index (χ2v) is 12.1. The van der Waals surface area contributed by atoms with Gasteiger partial charge in [-0.05, 0) is 88.4 Å². The van der Waals surface area contributed by atoms with Crippen LogP contribution in [0.15, 0.2) is 35.5 Å². The summed E-state index contributed by atoms with van der Waals surface area (Å²) in [6.07, 6.45) is 15.0. The van der Waals surface area contributed by atoms with Gasteiger partial charge >= 0.3 is 0 Å².